The number of ether oxygens (including phenoxy) is 2. The highest BCUT2D eigenvalue weighted by Gasteiger charge is 2.38. The number of rotatable bonds is 18. The van der Waals surface area contributed by atoms with E-state index < -0.39 is 0 Å². The van der Waals surface area contributed by atoms with Crippen LogP contribution in [0.15, 0.2) is 114 Å². The fraction of sp³-hybridized carbons (Fsp3) is 0.395. The Bertz CT molecular complexity index is 1710. The van der Waals surface area contributed by atoms with Gasteiger partial charge in [0, 0.05) is 70.9 Å². The number of imidazole rings is 1. The van der Waals surface area contributed by atoms with Gasteiger partial charge in [0.15, 0.2) is 0 Å². The van der Waals surface area contributed by atoms with Crippen LogP contribution in [0, 0.1) is 5.92 Å². The zero-order valence-corrected chi connectivity index (χ0v) is 31.7. The van der Waals surface area contributed by atoms with Crippen LogP contribution in [-0.2, 0) is 21.8 Å². The Hall–Kier alpha value is -4.11. The summed E-state index contributed by atoms with van der Waals surface area (Å²) in [5, 5.41) is 3.17. The number of amides is 1. The Morgan fingerprint density at radius 1 is 0.941 bits per heavy atom. The van der Waals surface area contributed by atoms with Crippen molar-refractivity contribution < 1.29 is 14.3 Å². The molecule has 0 fully saturated rings. The molecule has 4 aromatic rings. The summed E-state index contributed by atoms with van der Waals surface area (Å²) in [5.41, 5.74) is 6.36. The zero-order chi connectivity index (χ0) is 35.9. The first-order valence-corrected chi connectivity index (χ1v) is 19.6. The summed E-state index contributed by atoms with van der Waals surface area (Å²) in [6.07, 6.45) is 12.9. The fourth-order valence-electron chi connectivity index (χ4n) is 6.70. The molecule has 51 heavy (non-hydrogen) atoms. The topological polar surface area (TPSA) is 65.4 Å². The summed E-state index contributed by atoms with van der Waals surface area (Å²) in [7, 11) is 0. The molecule has 3 aromatic carbocycles. The lowest BCUT2D eigenvalue weighted by atomic mass is 9.97. The lowest BCUT2D eigenvalue weighted by Crippen LogP contribution is -2.51. The van der Waals surface area contributed by atoms with Crippen LogP contribution in [0.5, 0.6) is 5.75 Å². The van der Waals surface area contributed by atoms with Crippen LogP contribution in [-0.4, -0.2) is 48.4 Å². The van der Waals surface area contributed by atoms with E-state index in [1.54, 1.807) is 11.8 Å². The minimum absolute atomic E-state index is 0.0528. The van der Waals surface area contributed by atoms with Crippen LogP contribution < -0.4 is 14.5 Å². The number of carbonyl (C=O) groups is 1. The number of hydrogen-bond acceptors (Lipinski definition) is 5. The van der Waals surface area contributed by atoms with Gasteiger partial charge in [-0.2, -0.15) is 0 Å². The van der Waals surface area contributed by atoms with Gasteiger partial charge >= 0.3 is 0 Å². The van der Waals surface area contributed by atoms with E-state index in [1.807, 2.05) is 30.7 Å². The average molecular weight is 708 g/mol. The zero-order valence-electron chi connectivity index (χ0n) is 30.9. The maximum Gasteiger partial charge on any atom is 0.251 e. The molecule has 0 bridgehead atoms. The standard InChI is InChI=1S/C43H54N4O3S/c1-5-7-27-49-28-29-50-40-20-15-35(16-21-40)42-24-17-36(12-11-26-47(42,31-34(3)4)39-13-9-8-10-14-39)43(48)45-37-18-22-41(23-19-37)51-32-38-30-44-33-46(38)25-6-2/h8-10,13-24,30,33-34H,5-7,11-12,25-29,31-32H2,1-4H3/p+1. The number of aromatic nitrogens is 2. The van der Waals surface area contributed by atoms with Crippen molar-refractivity contribution in [2.24, 2.45) is 5.92 Å². The number of benzene rings is 3. The van der Waals surface area contributed by atoms with E-state index in [0.717, 1.165) is 85.1 Å². The van der Waals surface area contributed by atoms with Crippen LogP contribution in [0.25, 0.3) is 5.70 Å². The molecule has 5 rings (SSSR count). The molecule has 2 heterocycles. The Labute approximate surface area is 309 Å². The van der Waals surface area contributed by atoms with Gasteiger partial charge in [0.2, 0.25) is 0 Å². The number of allylic oxidation sites excluding steroid dienone is 2. The average Bonchev–Trinajstić information content (AvgIpc) is 3.58. The highest BCUT2D eigenvalue weighted by atomic mass is 32.2. The van der Waals surface area contributed by atoms with Gasteiger partial charge in [-0.15, -0.1) is 11.8 Å². The Balaban J connectivity index is 1.35. The van der Waals surface area contributed by atoms with E-state index in [2.05, 4.69) is 115 Å². The third kappa shape index (κ3) is 10.7. The van der Waals surface area contributed by atoms with E-state index >= 15 is 0 Å². The number of nitrogens with one attached hydrogen (secondary N) is 1. The van der Waals surface area contributed by atoms with Crippen molar-refractivity contribution in [2.45, 2.75) is 77.0 Å². The second kappa shape index (κ2) is 19.5. The smallest absolute Gasteiger partial charge is 0.251 e. The minimum atomic E-state index is -0.0528. The molecule has 1 atom stereocenters. The molecule has 1 N–H and O–H groups in total. The molecular weight excluding hydrogens is 653 g/mol. The third-order valence-electron chi connectivity index (χ3n) is 9.16. The summed E-state index contributed by atoms with van der Waals surface area (Å²) in [5.74, 6) is 2.09. The number of para-hydroxylation sites is 1. The summed E-state index contributed by atoms with van der Waals surface area (Å²) in [4.78, 5) is 19.2. The molecule has 1 aliphatic rings. The van der Waals surface area contributed by atoms with Crippen molar-refractivity contribution in [1.82, 2.24) is 14.0 Å². The summed E-state index contributed by atoms with van der Waals surface area (Å²) >= 11 is 1.78. The molecule has 0 radical (unpaired) electrons. The quantitative estimate of drug-likeness (QED) is 0.0634. The monoisotopic (exact) mass is 707 g/mol. The van der Waals surface area contributed by atoms with Crippen LogP contribution in [0.2, 0.25) is 0 Å². The van der Waals surface area contributed by atoms with E-state index in [0.29, 0.717) is 30.0 Å². The maximum absolute atomic E-state index is 13.7. The molecule has 8 heteroatoms. The summed E-state index contributed by atoms with van der Waals surface area (Å²) in [6.45, 7) is 13.6. The van der Waals surface area contributed by atoms with Gasteiger partial charge in [-0.05, 0) is 86.0 Å². The highest BCUT2D eigenvalue weighted by Crippen LogP contribution is 2.39. The lowest BCUT2D eigenvalue weighted by molar-refractivity contribution is -0.113. The van der Waals surface area contributed by atoms with Crippen LogP contribution in [0.3, 0.4) is 0 Å². The van der Waals surface area contributed by atoms with Gasteiger partial charge in [0.05, 0.1) is 26.0 Å². The maximum atomic E-state index is 13.7. The molecule has 1 aliphatic heterocycles. The summed E-state index contributed by atoms with van der Waals surface area (Å²) < 4.78 is 14.6. The fourth-order valence-corrected chi connectivity index (χ4v) is 7.58. The van der Waals surface area contributed by atoms with Crippen LogP contribution in [0.1, 0.15) is 71.1 Å². The number of anilines is 1. The van der Waals surface area contributed by atoms with E-state index in [4.69, 9.17) is 9.47 Å². The van der Waals surface area contributed by atoms with Gasteiger partial charge in [-0.25, -0.2) is 4.98 Å². The molecule has 7 nitrogen and oxygen atoms in total. The predicted molar refractivity (Wildman–Crippen MR) is 213 cm³/mol. The number of carbonyl (C=O) groups excluding carboxylic acids is 1. The Morgan fingerprint density at radius 2 is 1.73 bits per heavy atom. The third-order valence-corrected chi connectivity index (χ3v) is 10.2. The Morgan fingerprint density at radius 3 is 2.45 bits per heavy atom. The second-order valence-corrected chi connectivity index (χ2v) is 14.7. The van der Waals surface area contributed by atoms with Crippen molar-refractivity contribution in [2.75, 3.05) is 38.2 Å². The lowest BCUT2D eigenvalue weighted by Gasteiger charge is -2.41. The number of aryl methyl sites for hydroxylation is 1. The number of thioether (sulfide) groups is 1. The van der Waals surface area contributed by atoms with Crippen molar-refractivity contribution >= 4 is 34.7 Å². The summed E-state index contributed by atoms with van der Waals surface area (Å²) in [6, 6.07) is 27.4. The van der Waals surface area contributed by atoms with Gasteiger partial charge in [0.1, 0.15) is 23.7 Å². The predicted octanol–water partition coefficient (Wildman–Crippen LogP) is 10.1. The molecule has 0 saturated heterocycles. The number of nitrogens with zero attached hydrogens (tertiary/aromatic N) is 3. The van der Waals surface area contributed by atoms with E-state index in [1.165, 1.54) is 17.1 Å². The first-order valence-electron chi connectivity index (χ1n) is 18.6. The number of unbranched alkanes of at least 4 members (excludes halogenated alkanes) is 1. The number of quaternary nitrogens is 1. The van der Waals surface area contributed by atoms with Gasteiger partial charge < -0.3 is 19.4 Å². The molecule has 0 aliphatic carbocycles. The molecule has 1 unspecified atom stereocenters. The number of hydrogen-bond donors (Lipinski definition) is 1. The molecule has 1 amide bonds. The Kier molecular flexibility index (Phi) is 14.6. The highest BCUT2D eigenvalue weighted by molar-refractivity contribution is 7.98. The van der Waals surface area contributed by atoms with E-state index in [-0.39, 0.29) is 5.91 Å². The first kappa shape index (κ1) is 38.1. The van der Waals surface area contributed by atoms with E-state index in [9.17, 15) is 4.79 Å². The molecule has 0 saturated carbocycles. The van der Waals surface area contributed by atoms with Gasteiger partial charge in [0.25, 0.3) is 5.91 Å². The van der Waals surface area contributed by atoms with Gasteiger partial charge in [-0.1, -0.05) is 52.3 Å². The largest absolute Gasteiger partial charge is 0.491 e. The normalized spacial score (nSPS) is 16.3. The van der Waals surface area contributed by atoms with Crippen molar-refractivity contribution in [3.8, 4) is 5.75 Å². The first-order chi connectivity index (χ1) is 24.9. The SMILES string of the molecule is CCCCOCCOc1ccc(C2=CC=C(C(=O)Nc3ccc(SCc4cncn4CCC)cc3)CCC[N+]2(CC(C)C)c2ccccc2)cc1. The van der Waals surface area contributed by atoms with Crippen molar-refractivity contribution in [1.29, 1.82) is 0 Å². The molecular formula is C43H55N4O3S+. The molecule has 0 spiro atoms. The minimum Gasteiger partial charge on any atom is -0.491 e. The molecule has 270 valence electrons. The molecule has 1 aromatic heterocycles. The van der Waals surface area contributed by atoms with Crippen molar-refractivity contribution in [3.63, 3.8) is 0 Å². The van der Waals surface area contributed by atoms with Crippen molar-refractivity contribution in [3.05, 3.63) is 120 Å². The second-order valence-electron chi connectivity index (χ2n) is 13.6. The van der Waals surface area contributed by atoms with Gasteiger partial charge in [-0.3, -0.25) is 9.28 Å². The van der Waals surface area contributed by atoms with Crippen LogP contribution >= 0.6 is 11.8 Å². The van der Waals surface area contributed by atoms with Crippen LogP contribution in [0.4, 0.5) is 11.4 Å².